The highest BCUT2D eigenvalue weighted by Crippen LogP contribution is 2.29. The minimum atomic E-state index is -0.479. The van der Waals surface area contributed by atoms with Gasteiger partial charge in [0.2, 0.25) is 0 Å². The normalized spacial score (nSPS) is 11.9. The van der Waals surface area contributed by atoms with Crippen LogP contribution in [-0.2, 0) is 17.7 Å². The van der Waals surface area contributed by atoms with Crippen LogP contribution in [-0.4, -0.2) is 40.8 Å². The molecule has 0 aliphatic heterocycles. The first-order valence-corrected chi connectivity index (χ1v) is 12.6. The lowest BCUT2D eigenvalue weighted by Crippen LogP contribution is -2.30. The molecule has 0 radical (unpaired) electrons. The van der Waals surface area contributed by atoms with Crippen LogP contribution in [0.15, 0.2) is 91.4 Å². The van der Waals surface area contributed by atoms with Gasteiger partial charge < -0.3 is 15.0 Å². The average molecular weight is 504 g/mol. The molecule has 3 aromatic carbocycles. The molecule has 0 fully saturated rings. The number of rotatable bonds is 11. The summed E-state index contributed by atoms with van der Waals surface area (Å²) in [5.41, 5.74) is 6.27. The zero-order chi connectivity index (χ0) is 26.3. The van der Waals surface area contributed by atoms with Gasteiger partial charge in [0.15, 0.2) is 5.78 Å². The number of ketones is 1. The molecule has 0 aliphatic carbocycles. The molecule has 7 nitrogen and oxygen atoms in total. The summed E-state index contributed by atoms with van der Waals surface area (Å²) in [6, 6.07) is 25.1. The maximum absolute atomic E-state index is 13.9. The molecule has 0 spiro atoms. The van der Waals surface area contributed by atoms with Gasteiger partial charge >= 0.3 is 0 Å². The fourth-order valence-electron chi connectivity index (χ4n) is 4.60. The first kappa shape index (κ1) is 25.2. The van der Waals surface area contributed by atoms with Gasteiger partial charge in [-0.1, -0.05) is 54.6 Å². The first-order chi connectivity index (χ1) is 18.7. The Balaban J connectivity index is 1.36. The standard InChI is InChI=1S/C31H29N5O2/c1-38-16-15-36-21-26(19-35-36)25-11-12-27-28(20-34-29(27)17-25)31(37)30(24-5-3-2-4-6-24)33-14-13-22-7-9-23(18-32)10-8-22/h2-12,17,19-21,30,33-34H,13-16H2,1H3. The van der Waals surface area contributed by atoms with Gasteiger partial charge in [0.25, 0.3) is 0 Å². The van der Waals surface area contributed by atoms with E-state index >= 15 is 0 Å². The van der Waals surface area contributed by atoms with Crippen molar-refractivity contribution in [1.82, 2.24) is 20.1 Å². The highest BCUT2D eigenvalue weighted by Gasteiger charge is 2.24. The number of benzene rings is 3. The number of nitrogens with zero attached hydrogens (tertiary/aromatic N) is 3. The van der Waals surface area contributed by atoms with Gasteiger partial charge in [0.1, 0.15) is 0 Å². The molecule has 2 N–H and O–H groups in total. The van der Waals surface area contributed by atoms with Gasteiger partial charge in [-0.2, -0.15) is 10.4 Å². The van der Waals surface area contributed by atoms with Crippen molar-refractivity contribution in [1.29, 1.82) is 5.26 Å². The lowest BCUT2D eigenvalue weighted by atomic mass is 9.96. The van der Waals surface area contributed by atoms with E-state index in [9.17, 15) is 4.79 Å². The summed E-state index contributed by atoms with van der Waals surface area (Å²) < 4.78 is 7.00. The number of Topliss-reactive ketones (excluding diaryl/α,β-unsaturated/α-hetero) is 1. The van der Waals surface area contributed by atoms with Crippen molar-refractivity contribution in [2.75, 3.05) is 20.3 Å². The smallest absolute Gasteiger partial charge is 0.186 e. The maximum atomic E-state index is 13.9. The molecule has 38 heavy (non-hydrogen) atoms. The maximum Gasteiger partial charge on any atom is 0.186 e. The van der Waals surface area contributed by atoms with Gasteiger partial charge in [0.05, 0.1) is 37.0 Å². The number of carbonyl (C=O) groups is 1. The van der Waals surface area contributed by atoms with Crippen LogP contribution in [0.3, 0.4) is 0 Å². The Bertz CT molecular complexity index is 1560. The molecule has 2 heterocycles. The van der Waals surface area contributed by atoms with E-state index in [0.717, 1.165) is 39.6 Å². The van der Waals surface area contributed by atoms with Crippen molar-refractivity contribution in [3.63, 3.8) is 0 Å². The van der Waals surface area contributed by atoms with Crippen LogP contribution in [0.2, 0.25) is 0 Å². The minimum absolute atomic E-state index is 0.0161. The van der Waals surface area contributed by atoms with Crippen molar-refractivity contribution in [3.05, 3.63) is 114 Å². The van der Waals surface area contributed by atoms with Gasteiger partial charge in [-0.15, -0.1) is 0 Å². The molecule has 1 atom stereocenters. The van der Waals surface area contributed by atoms with E-state index in [1.165, 1.54) is 0 Å². The molecule has 5 aromatic rings. The summed E-state index contributed by atoms with van der Waals surface area (Å²) in [6.07, 6.45) is 6.39. The van der Waals surface area contributed by atoms with Gasteiger partial charge in [-0.3, -0.25) is 9.48 Å². The third kappa shape index (κ3) is 5.57. The van der Waals surface area contributed by atoms with Crippen molar-refractivity contribution in [3.8, 4) is 17.2 Å². The number of nitrogens with one attached hydrogen (secondary N) is 2. The molecule has 0 saturated carbocycles. The fraction of sp³-hybridized carbons (Fsp3) is 0.194. The van der Waals surface area contributed by atoms with E-state index in [0.29, 0.717) is 30.8 Å². The van der Waals surface area contributed by atoms with Gasteiger partial charge in [-0.25, -0.2) is 0 Å². The van der Waals surface area contributed by atoms with Crippen molar-refractivity contribution in [2.24, 2.45) is 0 Å². The Morgan fingerprint density at radius 2 is 1.92 bits per heavy atom. The van der Waals surface area contributed by atoms with Gasteiger partial charge in [-0.05, 0) is 41.3 Å². The van der Waals surface area contributed by atoms with E-state index in [1.807, 2.05) is 83.8 Å². The van der Waals surface area contributed by atoms with Crippen LogP contribution in [0.5, 0.6) is 0 Å². The Kier molecular flexibility index (Phi) is 7.74. The highest BCUT2D eigenvalue weighted by atomic mass is 16.5. The second-order valence-corrected chi connectivity index (χ2v) is 9.17. The Morgan fingerprint density at radius 1 is 1.11 bits per heavy atom. The van der Waals surface area contributed by atoms with Crippen LogP contribution < -0.4 is 5.32 Å². The van der Waals surface area contributed by atoms with Crippen molar-refractivity contribution >= 4 is 16.7 Å². The zero-order valence-electron chi connectivity index (χ0n) is 21.2. The number of H-pyrrole nitrogens is 1. The molecule has 0 saturated heterocycles. The zero-order valence-corrected chi connectivity index (χ0v) is 21.2. The SMILES string of the molecule is COCCn1cc(-c2ccc3c(C(=O)C(NCCc4ccc(C#N)cc4)c4ccccc4)c[nH]c3c2)cn1. The summed E-state index contributed by atoms with van der Waals surface area (Å²) in [5, 5.41) is 17.8. The van der Waals surface area contributed by atoms with Crippen molar-refractivity contribution in [2.45, 2.75) is 19.0 Å². The number of hydrogen-bond acceptors (Lipinski definition) is 5. The quantitative estimate of drug-likeness (QED) is 0.238. The van der Waals surface area contributed by atoms with Crippen LogP contribution in [0, 0.1) is 11.3 Å². The van der Waals surface area contributed by atoms with E-state index in [1.54, 1.807) is 13.3 Å². The molecule has 0 amide bonds. The summed E-state index contributed by atoms with van der Waals surface area (Å²) in [6.45, 7) is 1.92. The molecule has 5 rings (SSSR count). The second kappa shape index (κ2) is 11.7. The fourth-order valence-corrected chi connectivity index (χ4v) is 4.60. The van der Waals surface area contributed by atoms with E-state index in [4.69, 9.17) is 10.00 Å². The van der Waals surface area contributed by atoms with Crippen LogP contribution in [0.25, 0.3) is 22.0 Å². The molecular formula is C31H29N5O2. The topological polar surface area (TPSA) is 95.7 Å². The molecule has 1 unspecified atom stereocenters. The first-order valence-electron chi connectivity index (χ1n) is 12.6. The molecular weight excluding hydrogens is 474 g/mol. The largest absolute Gasteiger partial charge is 0.383 e. The Hall–Kier alpha value is -4.51. The van der Waals surface area contributed by atoms with E-state index in [2.05, 4.69) is 27.5 Å². The van der Waals surface area contributed by atoms with E-state index < -0.39 is 6.04 Å². The number of nitriles is 1. The third-order valence-corrected chi connectivity index (χ3v) is 6.68. The average Bonchev–Trinajstić information content (AvgIpc) is 3.62. The molecule has 2 aromatic heterocycles. The molecule has 0 bridgehead atoms. The number of carbonyl (C=O) groups excluding carboxylic acids is 1. The lowest BCUT2D eigenvalue weighted by molar-refractivity contribution is 0.0945. The molecule has 7 heteroatoms. The lowest BCUT2D eigenvalue weighted by Gasteiger charge is -2.18. The van der Waals surface area contributed by atoms with Gasteiger partial charge in [0, 0.05) is 48.1 Å². The van der Waals surface area contributed by atoms with Crippen molar-refractivity contribution < 1.29 is 9.53 Å². The highest BCUT2D eigenvalue weighted by molar-refractivity contribution is 6.11. The van der Waals surface area contributed by atoms with Crippen LogP contribution in [0.4, 0.5) is 0 Å². The summed E-state index contributed by atoms with van der Waals surface area (Å²) in [7, 11) is 1.68. The number of ether oxygens (including phenoxy) is 1. The Labute approximate surface area is 221 Å². The summed E-state index contributed by atoms with van der Waals surface area (Å²) >= 11 is 0. The number of fused-ring (bicyclic) bond motifs is 1. The Morgan fingerprint density at radius 3 is 2.68 bits per heavy atom. The minimum Gasteiger partial charge on any atom is -0.383 e. The molecule has 190 valence electrons. The van der Waals surface area contributed by atoms with Crippen LogP contribution >= 0.6 is 0 Å². The predicted octanol–water partition coefficient (Wildman–Crippen LogP) is 5.31. The number of aromatic amines is 1. The van der Waals surface area contributed by atoms with E-state index in [-0.39, 0.29) is 5.78 Å². The second-order valence-electron chi connectivity index (χ2n) is 9.17. The number of hydrogen-bond donors (Lipinski definition) is 2. The number of methoxy groups -OCH3 is 1. The third-order valence-electron chi connectivity index (χ3n) is 6.68. The number of aromatic nitrogens is 3. The predicted molar refractivity (Wildman–Crippen MR) is 148 cm³/mol. The molecule has 0 aliphatic rings. The van der Waals surface area contributed by atoms with Crippen LogP contribution in [0.1, 0.15) is 33.1 Å². The summed E-state index contributed by atoms with van der Waals surface area (Å²) in [5.74, 6) is 0.0161. The summed E-state index contributed by atoms with van der Waals surface area (Å²) in [4.78, 5) is 17.2. The monoisotopic (exact) mass is 503 g/mol.